The van der Waals surface area contributed by atoms with Gasteiger partial charge in [0.1, 0.15) is 51.0 Å². The van der Waals surface area contributed by atoms with Crippen molar-refractivity contribution >= 4 is 57.8 Å². The Morgan fingerprint density at radius 1 is 0.380 bits per heavy atom. The predicted octanol–water partition coefficient (Wildman–Crippen LogP) is 18.8. The second-order valence-corrected chi connectivity index (χ2v) is 20.0. The number of rotatable bonds is 3. The van der Waals surface area contributed by atoms with Crippen molar-refractivity contribution in [2.24, 2.45) is 0 Å². The monoisotopic (exact) mass is 1160 g/mol. The summed E-state index contributed by atoms with van der Waals surface area (Å²) in [6, 6.07) is 37.8. The smallest absolute Gasteiger partial charge is 0.139 e. The fourth-order valence-corrected chi connectivity index (χ4v) is 6.90. The molecule has 0 spiro atoms. The van der Waals surface area contributed by atoms with E-state index in [0.29, 0.717) is 60.8 Å². The van der Waals surface area contributed by atoms with E-state index in [2.05, 4.69) is 12.2 Å². The number of phenolic OH excluding ortho intramolecular Hbond substituents is 8. The average molecular weight is 1160 g/mol. The molecule has 428 valence electrons. The Labute approximate surface area is 490 Å². The Kier molecular flexibility index (Phi) is 32.9. The minimum Gasteiger partial charge on any atom is -0.508 e. The number of halogens is 4. The summed E-state index contributed by atoms with van der Waals surface area (Å²) in [5.74, 6) is 2.35. The van der Waals surface area contributed by atoms with Crippen LogP contribution in [-0.4, -0.2) is 47.4 Å². The first kappa shape index (κ1) is 71.9. The molecule has 8 aromatic carbocycles. The van der Waals surface area contributed by atoms with E-state index >= 15 is 0 Å². The summed E-state index contributed by atoms with van der Waals surface area (Å²) >= 11 is 22.7. The molecule has 0 heterocycles. The number of aromatic hydroxyl groups is 8. The molecule has 0 aliphatic carbocycles. The van der Waals surface area contributed by atoms with Gasteiger partial charge >= 0.3 is 0 Å². The highest BCUT2D eigenvalue weighted by atomic mass is 35.5. The minimum absolute atomic E-state index is 0. The third kappa shape index (κ3) is 26.0. The van der Waals surface area contributed by atoms with Crippen LogP contribution in [0.2, 0.25) is 20.1 Å². The number of hydrogen-bond donors (Lipinski definition) is 10. The van der Waals surface area contributed by atoms with E-state index in [0.717, 1.165) is 85.4 Å². The summed E-state index contributed by atoms with van der Waals surface area (Å²) < 4.78 is 0. The summed E-state index contributed by atoms with van der Waals surface area (Å²) in [6.45, 7) is 27.6. The van der Waals surface area contributed by atoms with Crippen molar-refractivity contribution in [1.29, 1.82) is 0 Å². The van der Waals surface area contributed by atoms with Gasteiger partial charge in [0, 0.05) is 28.3 Å². The zero-order valence-corrected chi connectivity index (χ0v) is 50.2. The highest BCUT2D eigenvalue weighted by molar-refractivity contribution is 6.37. The number of hydrogen-bond acceptors (Lipinski definition) is 10. The summed E-state index contributed by atoms with van der Waals surface area (Å²) in [6.07, 6.45) is 1.09. The first-order valence-electron chi connectivity index (χ1n) is 24.8. The van der Waals surface area contributed by atoms with Crippen LogP contribution < -0.4 is 11.1 Å². The van der Waals surface area contributed by atoms with Crippen LogP contribution in [0.3, 0.4) is 0 Å². The van der Waals surface area contributed by atoms with E-state index in [-0.39, 0.29) is 23.9 Å². The molecule has 0 saturated carbocycles. The topological polar surface area (TPSA) is 200 Å². The summed E-state index contributed by atoms with van der Waals surface area (Å²) in [5, 5.41) is 78.2. The van der Waals surface area contributed by atoms with Crippen LogP contribution in [0.4, 0.5) is 11.4 Å². The fraction of sp³-hybridized carbons (Fsp3) is 0.262. The van der Waals surface area contributed by atoms with Gasteiger partial charge in [-0.25, -0.2) is 0 Å². The Bertz CT molecular complexity index is 2860. The van der Waals surface area contributed by atoms with Gasteiger partial charge in [0.05, 0.1) is 10.7 Å². The van der Waals surface area contributed by atoms with Crippen molar-refractivity contribution in [1.82, 2.24) is 0 Å². The van der Waals surface area contributed by atoms with Crippen LogP contribution in [0, 0.1) is 90.0 Å². The summed E-state index contributed by atoms with van der Waals surface area (Å²) in [4.78, 5) is 0. The molecule has 0 radical (unpaired) electrons. The third-order valence-electron chi connectivity index (χ3n) is 11.8. The molecule has 0 aromatic heterocycles. The van der Waals surface area contributed by atoms with Crippen molar-refractivity contribution in [3.63, 3.8) is 0 Å². The van der Waals surface area contributed by atoms with Gasteiger partial charge in [0.2, 0.25) is 0 Å². The Morgan fingerprint density at radius 3 is 1.35 bits per heavy atom. The Hall–Kier alpha value is -7.08. The molecule has 0 amide bonds. The second-order valence-electron chi connectivity index (χ2n) is 18.5. The highest BCUT2D eigenvalue weighted by Crippen LogP contribution is 2.33. The zero-order chi connectivity index (χ0) is 59.6. The quantitative estimate of drug-likeness (QED) is 0.0760. The SMILES string of the molecule is C.CCCNc1ccc(C)c(O)c1.Cc1c(Cl)ccc(O)c1Cl.Cc1cc(Cl)c(C)cc1O.Cc1ccc(C)c(O)c1.Cc1ccc(C)c(O)c1C.Cc1ccc(N)c(Cl)c1O.Cc1cccc(O)c1.Cc1cccc(O)c1C. The van der Waals surface area contributed by atoms with Gasteiger partial charge in [-0.05, 0) is 229 Å². The molecule has 8 aromatic rings. The van der Waals surface area contributed by atoms with Crippen LogP contribution >= 0.6 is 46.4 Å². The molecule has 0 atom stereocenters. The molecular formula is C65H82Cl4N2O8. The number of nitrogens with two attached hydrogens (primary N) is 1. The molecule has 8 rings (SSSR count). The maximum atomic E-state index is 9.39. The van der Waals surface area contributed by atoms with E-state index in [1.165, 1.54) is 6.07 Å². The number of benzene rings is 8. The lowest BCUT2D eigenvalue weighted by atomic mass is 10.1. The van der Waals surface area contributed by atoms with Gasteiger partial charge in [-0.3, -0.25) is 0 Å². The van der Waals surface area contributed by atoms with E-state index < -0.39 is 0 Å². The molecule has 0 saturated heterocycles. The zero-order valence-electron chi connectivity index (χ0n) is 47.2. The lowest BCUT2D eigenvalue weighted by molar-refractivity contribution is 0.466. The van der Waals surface area contributed by atoms with E-state index in [1.54, 1.807) is 74.5 Å². The van der Waals surface area contributed by atoms with Gasteiger partial charge in [-0.1, -0.05) is 121 Å². The number of phenols is 8. The molecule has 14 heteroatoms. The van der Waals surface area contributed by atoms with Crippen LogP contribution in [0.1, 0.15) is 93.1 Å². The average Bonchev–Trinajstić information content (AvgIpc) is 3.39. The molecule has 0 bridgehead atoms. The molecule has 10 nitrogen and oxygen atoms in total. The fourth-order valence-electron chi connectivity index (χ4n) is 6.10. The van der Waals surface area contributed by atoms with Gasteiger partial charge in [0.25, 0.3) is 0 Å². The molecule has 0 unspecified atom stereocenters. The molecule has 0 fully saturated rings. The minimum atomic E-state index is 0. The largest absolute Gasteiger partial charge is 0.508 e. The molecule has 79 heavy (non-hydrogen) atoms. The number of anilines is 2. The maximum Gasteiger partial charge on any atom is 0.139 e. The van der Waals surface area contributed by atoms with Crippen LogP contribution in [0.25, 0.3) is 0 Å². The molecule has 0 aliphatic heterocycles. The highest BCUT2D eigenvalue weighted by Gasteiger charge is 2.06. The first-order chi connectivity index (χ1) is 36.4. The normalized spacial score (nSPS) is 9.59. The van der Waals surface area contributed by atoms with Gasteiger partial charge < -0.3 is 51.9 Å². The standard InChI is InChI=1S/C10H15NO.C9H12O.C8H9ClO.2C8H10O.C7H6Cl2O.C7H8ClNO.C7H8O.CH4/c1-3-6-11-9-5-4-8(2)10(12)7-9;1-6-4-5-7(2)9(10)8(6)3;1-5-4-8(10)6(2)3-7(5)9;1-6-3-4-7(2)8(9)5-6;1-6-4-3-5-8(9)7(6)2;1-4-5(8)2-3-6(10)7(4)9;1-4-2-3-5(9)6(8)7(4)10;1-6-3-2-4-7(8)5-6;/h4-5,7,11-12H,3,6H2,1-2H3;4-5,10H,1-3H3;3-4,10H,1-2H3;2*3-5,9H,1-2H3;2-3,10H,1H3;2-3,10H,9H2,1H3;2-5,8H,1H3;1H4. The van der Waals surface area contributed by atoms with Crippen molar-refractivity contribution < 1.29 is 40.9 Å². The van der Waals surface area contributed by atoms with Crippen molar-refractivity contribution in [2.45, 2.75) is 111 Å². The van der Waals surface area contributed by atoms with Crippen molar-refractivity contribution in [3.05, 3.63) is 220 Å². The second kappa shape index (κ2) is 36.2. The predicted molar refractivity (Wildman–Crippen MR) is 336 cm³/mol. The molecule has 11 N–H and O–H groups in total. The van der Waals surface area contributed by atoms with Crippen LogP contribution in [0.15, 0.2) is 127 Å². The lowest BCUT2D eigenvalue weighted by Crippen LogP contribution is -1.98. The Balaban J connectivity index is 0.000000880. The first-order valence-corrected chi connectivity index (χ1v) is 26.3. The van der Waals surface area contributed by atoms with E-state index in [9.17, 15) is 15.3 Å². The summed E-state index contributed by atoms with van der Waals surface area (Å²) in [7, 11) is 0. The number of aryl methyl sites for hydroxylation is 10. The van der Waals surface area contributed by atoms with Crippen molar-refractivity contribution in [2.75, 3.05) is 17.6 Å². The molecular weight excluding hydrogens is 1080 g/mol. The van der Waals surface area contributed by atoms with E-state index in [4.69, 9.17) is 77.7 Å². The lowest BCUT2D eigenvalue weighted by Gasteiger charge is -2.05. The molecule has 0 aliphatic rings. The third-order valence-corrected chi connectivity index (χ3v) is 13.4. The van der Waals surface area contributed by atoms with Crippen LogP contribution in [-0.2, 0) is 0 Å². The Morgan fingerprint density at radius 2 is 0.886 bits per heavy atom. The van der Waals surface area contributed by atoms with Crippen molar-refractivity contribution in [3.8, 4) is 46.0 Å². The van der Waals surface area contributed by atoms with Gasteiger partial charge in [-0.15, -0.1) is 0 Å². The van der Waals surface area contributed by atoms with E-state index in [1.807, 2.05) is 137 Å². The maximum absolute atomic E-state index is 9.39. The number of nitrogens with one attached hydrogen (secondary N) is 1. The van der Waals surface area contributed by atoms with Gasteiger partial charge in [-0.2, -0.15) is 0 Å². The van der Waals surface area contributed by atoms with Gasteiger partial charge in [0.15, 0.2) is 0 Å². The number of nitrogen functional groups attached to an aromatic ring is 1. The van der Waals surface area contributed by atoms with Crippen LogP contribution in [0.5, 0.6) is 46.0 Å². The summed E-state index contributed by atoms with van der Waals surface area (Å²) in [5.41, 5.74) is 19.2.